The highest BCUT2D eigenvalue weighted by Gasteiger charge is 2.21. The maximum atomic E-state index is 12.7. The first-order valence-corrected chi connectivity index (χ1v) is 8.47. The van der Waals surface area contributed by atoms with Gasteiger partial charge in [0.25, 0.3) is 11.5 Å². The average molecular weight is 338 g/mol. The van der Waals surface area contributed by atoms with E-state index in [9.17, 15) is 9.59 Å². The summed E-state index contributed by atoms with van der Waals surface area (Å²) in [6, 6.07) is 9.70. The Hall–Kier alpha value is -2.82. The lowest BCUT2D eigenvalue weighted by atomic mass is 10.1. The molecule has 3 aromatic rings. The molecule has 0 atom stereocenters. The number of fused-ring (bicyclic) bond motifs is 1. The van der Waals surface area contributed by atoms with Gasteiger partial charge in [-0.2, -0.15) is 0 Å². The van der Waals surface area contributed by atoms with Gasteiger partial charge in [0.2, 0.25) is 0 Å². The van der Waals surface area contributed by atoms with Crippen LogP contribution in [-0.4, -0.2) is 10.5 Å². The quantitative estimate of drug-likeness (QED) is 0.774. The molecule has 25 heavy (non-hydrogen) atoms. The minimum Gasteiger partial charge on any atom is -0.460 e. The van der Waals surface area contributed by atoms with Gasteiger partial charge >= 0.3 is 0 Å². The number of nitrogens with zero attached hydrogens (tertiary/aromatic N) is 1. The topological polar surface area (TPSA) is 64.2 Å². The number of furan rings is 1. The van der Waals surface area contributed by atoms with E-state index < -0.39 is 0 Å². The summed E-state index contributed by atoms with van der Waals surface area (Å²) in [6.45, 7) is 6.75. The molecule has 1 N–H and O–H groups in total. The van der Waals surface area contributed by atoms with Crippen molar-refractivity contribution in [2.75, 3.05) is 0 Å². The van der Waals surface area contributed by atoms with Crippen molar-refractivity contribution in [2.45, 2.75) is 40.3 Å². The molecule has 1 amide bonds. The van der Waals surface area contributed by atoms with Crippen molar-refractivity contribution in [3.8, 4) is 0 Å². The third kappa shape index (κ3) is 3.36. The molecule has 1 aromatic carbocycles. The molecule has 130 valence electrons. The smallest absolute Gasteiger partial charge is 0.262 e. The van der Waals surface area contributed by atoms with Crippen molar-refractivity contribution >= 4 is 16.9 Å². The first kappa shape index (κ1) is 17.0. The van der Waals surface area contributed by atoms with Gasteiger partial charge in [0.05, 0.1) is 10.9 Å². The minimum absolute atomic E-state index is 0.183. The van der Waals surface area contributed by atoms with Gasteiger partial charge in [-0.3, -0.25) is 9.59 Å². The van der Waals surface area contributed by atoms with E-state index in [2.05, 4.69) is 5.32 Å². The first-order chi connectivity index (χ1) is 12.0. The lowest BCUT2D eigenvalue weighted by molar-refractivity contribution is 0.0950. The molecule has 0 aliphatic carbocycles. The lowest BCUT2D eigenvalue weighted by Gasteiger charge is -2.07. The maximum absolute atomic E-state index is 12.7. The molecular weight excluding hydrogens is 316 g/mol. The molecule has 0 spiro atoms. The molecule has 0 unspecified atom stereocenters. The monoisotopic (exact) mass is 338 g/mol. The number of hydrogen-bond donors (Lipinski definition) is 1. The van der Waals surface area contributed by atoms with Crippen LogP contribution in [0.3, 0.4) is 0 Å². The number of rotatable bonds is 5. The fourth-order valence-electron chi connectivity index (χ4n) is 3.05. The van der Waals surface area contributed by atoms with Crippen LogP contribution in [0.1, 0.15) is 40.6 Å². The highest BCUT2D eigenvalue weighted by Crippen LogP contribution is 2.22. The van der Waals surface area contributed by atoms with Gasteiger partial charge in [-0.1, -0.05) is 36.8 Å². The zero-order valence-corrected chi connectivity index (χ0v) is 14.8. The molecule has 2 heterocycles. The van der Waals surface area contributed by atoms with Crippen molar-refractivity contribution in [3.05, 3.63) is 69.3 Å². The van der Waals surface area contributed by atoms with Crippen molar-refractivity contribution < 1.29 is 9.21 Å². The van der Waals surface area contributed by atoms with Gasteiger partial charge in [0.15, 0.2) is 0 Å². The summed E-state index contributed by atoms with van der Waals surface area (Å²) in [6.07, 6.45) is 2.56. The van der Waals surface area contributed by atoms with Crippen LogP contribution in [0.15, 0.2) is 45.7 Å². The Balaban J connectivity index is 1.94. The van der Waals surface area contributed by atoms with Gasteiger partial charge in [-0.25, -0.2) is 0 Å². The minimum atomic E-state index is -0.288. The number of carbonyl (C=O) groups is 1. The Labute approximate surface area is 146 Å². The Morgan fingerprint density at radius 1 is 1.24 bits per heavy atom. The normalized spacial score (nSPS) is 11.0. The van der Waals surface area contributed by atoms with Crippen molar-refractivity contribution in [3.63, 3.8) is 0 Å². The summed E-state index contributed by atoms with van der Waals surface area (Å²) in [7, 11) is 0. The number of hydrogen-bond acceptors (Lipinski definition) is 3. The SMILES string of the molecule is CCCn1ccc2oc(C)c(C(=O)NCc3cccc(C)c3)c2c1=O. The molecule has 0 bridgehead atoms. The van der Waals surface area contributed by atoms with E-state index in [1.807, 2.05) is 38.1 Å². The molecule has 0 aliphatic heterocycles. The predicted molar refractivity (Wildman–Crippen MR) is 97.9 cm³/mol. The Kier molecular flexibility index (Phi) is 4.74. The van der Waals surface area contributed by atoms with E-state index in [1.54, 1.807) is 23.8 Å². The van der Waals surface area contributed by atoms with E-state index in [4.69, 9.17) is 4.42 Å². The van der Waals surface area contributed by atoms with E-state index in [0.717, 1.165) is 17.5 Å². The van der Waals surface area contributed by atoms with E-state index in [1.165, 1.54) is 0 Å². The largest absolute Gasteiger partial charge is 0.460 e. The Morgan fingerprint density at radius 3 is 2.76 bits per heavy atom. The van der Waals surface area contributed by atoms with Crippen LogP contribution in [-0.2, 0) is 13.1 Å². The van der Waals surface area contributed by atoms with Crippen LogP contribution in [0, 0.1) is 13.8 Å². The van der Waals surface area contributed by atoms with Crippen LogP contribution in [0.5, 0.6) is 0 Å². The summed E-state index contributed by atoms with van der Waals surface area (Å²) in [4.78, 5) is 25.4. The van der Waals surface area contributed by atoms with Gasteiger partial charge < -0.3 is 14.3 Å². The number of aromatic nitrogens is 1. The molecular formula is C20H22N2O3. The van der Waals surface area contributed by atoms with Crippen molar-refractivity contribution in [1.82, 2.24) is 9.88 Å². The molecule has 0 radical (unpaired) electrons. The number of pyridine rings is 1. The summed E-state index contributed by atoms with van der Waals surface area (Å²) >= 11 is 0. The van der Waals surface area contributed by atoms with Crippen LogP contribution >= 0.6 is 0 Å². The van der Waals surface area contributed by atoms with Gasteiger partial charge in [-0.15, -0.1) is 0 Å². The highest BCUT2D eigenvalue weighted by molar-refractivity contribution is 6.06. The van der Waals surface area contributed by atoms with Crippen LogP contribution < -0.4 is 10.9 Å². The Bertz CT molecular complexity index is 982. The van der Waals surface area contributed by atoms with Crippen LogP contribution in [0.4, 0.5) is 0 Å². The molecule has 2 aromatic heterocycles. The first-order valence-electron chi connectivity index (χ1n) is 8.47. The van der Waals surface area contributed by atoms with Gasteiger partial charge in [0.1, 0.15) is 11.3 Å². The van der Waals surface area contributed by atoms with E-state index in [-0.39, 0.29) is 11.5 Å². The molecule has 0 fully saturated rings. The standard InChI is InChI=1S/C20H22N2O3/c1-4-9-22-10-8-16-18(20(22)24)17(14(3)25-16)19(23)21-12-15-7-5-6-13(2)11-15/h5-8,10-11H,4,9,12H2,1-3H3,(H,21,23). The third-order valence-electron chi connectivity index (χ3n) is 4.22. The van der Waals surface area contributed by atoms with Gasteiger partial charge in [-0.05, 0) is 31.9 Å². The van der Waals surface area contributed by atoms with E-state index in [0.29, 0.717) is 35.4 Å². The number of nitrogens with one attached hydrogen (secondary N) is 1. The van der Waals surface area contributed by atoms with Crippen LogP contribution in [0.25, 0.3) is 11.0 Å². The molecule has 0 saturated heterocycles. The zero-order chi connectivity index (χ0) is 18.0. The maximum Gasteiger partial charge on any atom is 0.262 e. The molecule has 5 heteroatoms. The number of amides is 1. The van der Waals surface area contributed by atoms with Crippen molar-refractivity contribution in [1.29, 1.82) is 0 Å². The second-order valence-corrected chi connectivity index (χ2v) is 6.26. The summed E-state index contributed by atoms with van der Waals surface area (Å²) in [5, 5.41) is 3.25. The third-order valence-corrected chi connectivity index (χ3v) is 4.22. The fraction of sp³-hybridized carbons (Fsp3) is 0.300. The van der Waals surface area contributed by atoms with E-state index >= 15 is 0 Å². The Morgan fingerprint density at radius 2 is 2.04 bits per heavy atom. The second kappa shape index (κ2) is 6.97. The second-order valence-electron chi connectivity index (χ2n) is 6.26. The van der Waals surface area contributed by atoms with Gasteiger partial charge in [0, 0.05) is 19.3 Å². The molecule has 0 saturated carbocycles. The number of benzene rings is 1. The number of aryl methyl sites for hydroxylation is 3. The fourth-order valence-corrected chi connectivity index (χ4v) is 3.05. The predicted octanol–water partition coefficient (Wildman–Crippen LogP) is 3.55. The van der Waals surface area contributed by atoms with Crippen molar-refractivity contribution in [2.24, 2.45) is 0 Å². The average Bonchev–Trinajstić information content (AvgIpc) is 2.92. The summed E-state index contributed by atoms with van der Waals surface area (Å²) in [5.41, 5.74) is 2.76. The zero-order valence-electron chi connectivity index (χ0n) is 14.8. The van der Waals surface area contributed by atoms with Crippen LogP contribution in [0.2, 0.25) is 0 Å². The molecule has 0 aliphatic rings. The highest BCUT2D eigenvalue weighted by atomic mass is 16.3. The summed E-state index contributed by atoms with van der Waals surface area (Å²) < 4.78 is 7.25. The lowest BCUT2D eigenvalue weighted by Crippen LogP contribution is -2.26. The molecule has 3 rings (SSSR count). The summed E-state index contributed by atoms with van der Waals surface area (Å²) in [5.74, 6) is 0.173. The number of carbonyl (C=O) groups excluding carboxylic acids is 1. The molecule has 5 nitrogen and oxygen atoms in total.